The van der Waals surface area contributed by atoms with Gasteiger partial charge in [-0.2, -0.15) is 5.10 Å². The predicted octanol–water partition coefficient (Wildman–Crippen LogP) is 4.91. The number of halogens is 2. The molecule has 0 aliphatic heterocycles. The van der Waals surface area contributed by atoms with Gasteiger partial charge in [0.2, 0.25) is 5.91 Å². The summed E-state index contributed by atoms with van der Waals surface area (Å²) in [4.78, 5) is 12.3. The third-order valence-electron chi connectivity index (χ3n) is 4.50. The fraction of sp³-hybridized carbons (Fsp3) is 0.238. The number of anilines is 1. The van der Waals surface area contributed by atoms with Gasteiger partial charge in [0.15, 0.2) is 0 Å². The Morgan fingerprint density at radius 2 is 1.89 bits per heavy atom. The lowest BCUT2D eigenvalue weighted by atomic mass is 10.1. The number of hydrogen-bond acceptors (Lipinski definition) is 2. The van der Waals surface area contributed by atoms with E-state index in [1.807, 2.05) is 44.2 Å². The first kappa shape index (κ1) is 19.1. The zero-order chi connectivity index (χ0) is 19.4. The standard InChI is InChI=1S/C21H21ClFN3O/c1-14-21(24-20(27)12-11-16-7-4-3-5-8-16)15(2)26(25-14)13-17-18(22)9-6-10-19(17)23/h3-10H,11-13H2,1-2H3,(H,24,27). The molecule has 1 amide bonds. The van der Waals surface area contributed by atoms with Gasteiger partial charge < -0.3 is 5.32 Å². The van der Waals surface area contributed by atoms with E-state index in [2.05, 4.69) is 10.4 Å². The number of benzene rings is 2. The van der Waals surface area contributed by atoms with E-state index < -0.39 is 0 Å². The summed E-state index contributed by atoms with van der Waals surface area (Å²) >= 11 is 6.11. The Morgan fingerprint density at radius 1 is 1.15 bits per heavy atom. The van der Waals surface area contributed by atoms with E-state index in [0.29, 0.717) is 34.8 Å². The van der Waals surface area contributed by atoms with Crippen LogP contribution in [0.2, 0.25) is 5.02 Å². The zero-order valence-corrected chi connectivity index (χ0v) is 16.1. The van der Waals surface area contributed by atoms with Crippen molar-refractivity contribution in [1.82, 2.24) is 9.78 Å². The third kappa shape index (κ3) is 4.55. The number of amides is 1. The van der Waals surface area contributed by atoms with Crippen molar-refractivity contribution in [3.8, 4) is 0 Å². The molecule has 3 aromatic rings. The van der Waals surface area contributed by atoms with Gasteiger partial charge in [0.25, 0.3) is 0 Å². The number of nitrogens with zero attached hydrogens (tertiary/aromatic N) is 2. The van der Waals surface area contributed by atoms with Gasteiger partial charge in [-0.3, -0.25) is 9.48 Å². The normalized spacial score (nSPS) is 10.8. The Kier molecular flexibility index (Phi) is 5.91. The lowest BCUT2D eigenvalue weighted by molar-refractivity contribution is -0.116. The molecule has 0 radical (unpaired) electrons. The minimum Gasteiger partial charge on any atom is -0.323 e. The van der Waals surface area contributed by atoms with Gasteiger partial charge in [-0.1, -0.05) is 48.0 Å². The number of aromatic nitrogens is 2. The molecule has 1 aromatic heterocycles. The van der Waals surface area contributed by atoms with Crippen LogP contribution in [0.5, 0.6) is 0 Å². The molecule has 4 nitrogen and oxygen atoms in total. The van der Waals surface area contributed by atoms with Crippen LogP contribution in [0, 0.1) is 19.7 Å². The van der Waals surface area contributed by atoms with Crippen LogP contribution in [0.25, 0.3) is 0 Å². The van der Waals surface area contributed by atoms with Crippen LogP contribution in [-0.2, 0) is 17.8 Å². The topological polar surface area (TPSA) is 46.9 Å². The van der Waals surface area contributed by atoms with E-state index in [9.17, 15) is 9.18 Å². The van der Waals surface area contributed by atoms with Gasteiger partial charge in [-0.25, -0.2) is 4.39 Å². The van der Waals surface area contributed by atoms with Gasteiger partial charge >= 0.3 is 0 Å². The smallest absolute Gasteiger partial charge is 0.224 e. The van der Waals surface area contributed by atoms with E-state index >= 15 is 0 Å². The molecular formula is C21H21ClFN3O. The number of hydrogen-bond donors (Lipinski definition) is 1. The first-order valence-electron chi connectivity index (χ1n) is 8.76. The molecule has 0 saturated carbocycles. The van der Waals surface area contributed by atoms with E-state index in [1.54, 1.807) is 16.8 Å². The van der Waals surface area contributed by atoms with Crippen molar-refractivity contribution >= 4 is 23.2 Å². The second-order valence-corrected chi connectivity index (χ2v) is 6.84. The van der Waals surface area contributed by atoms with Crippen LogP contribution >= 0.6 is 11.6 Å². The summed E-state index contributed by atoms with van der Waals surface area (Å²) in [7, 11) is 0. The maximum Gasteiger partial charge on any atom is 0.224 e. The van der Waals surface area contributed by atoms with Crippen LogP contribution in [0.4, 0.5) is 10.1 Å². The lowest BCUT2D eigenvalue weighted by Crippen LogP contribution is -2.14. The van der Waals surface area contributed by atoms with E-state index in [0.717, 1.165) is 11.3 Å². The quantitative estimate of drug-likeness (QED) is 0.655. The maximum atomic E-state index is 14.1. The van der Waals surface area contributed by atoms with Crippen molar-refractivity contribution in [3.63, 3.8) is 0 Å². The van der Waals surface area contributed by atoms with Crippen molar-refractivity contribution in [1.29, 1.82) is 0 Å². The molecule has 3 rings (SSSR count). The summed E-state index contributed by atoms with van der Waals surface area (Å²) < 4.78 is 15.7. The van der Waals surface area contributed by atoms with Crippen LogP contribution in [0.15, 0.2) is 48.5 Å². The molecule has 6 heteroatoms. The SMILES string of the molecule is Cc1nn(Cc2c(F)cccc2Cl)c(C)c1NC(=O)CCc1ccccc1. The Labute approximate surface area is 163 Å². The van der Waals surface area contributed by atoms with Crippen molar-refractivity contribution in [3.05, 3.63) is 81.9 Å². The zero-order valence-electron chi connectivity index (χ0n) is 15.3. The van der Waals surface area contributed by atoms with Gasteiger partial charge in [0, 0.05) is 17.0 Å². The van der Waals surface area contributed by atoms with Crippen LogP contribution in [0.3, 0.4) is 0 Å². The Hall–Kier alpha value is -2.66. The number of aryl methyl sites for hydroxylation is 2. The monoisotopic (exact) mass is 385 g/mol. The molecule has 27 heavy (non-hydrogen) atoms. The van der Waals surface area contributed by atoms with Gasteiger partial charge in [0.05, 0.1) is 23.6 Å². The van der Waals surface area contributed by atoms with E-state index in [-0.39, 0.29) is 18.3 Å². The molecular weight excluding hydrogens is 365 g/mol. The molecule has 0 unspecified atom stereocenters. The molecule has 0 aliphatic carbocycles. The van der Waals surface area contributed by atoms with E-state index in [1.165, 1.54) is 6.07 Å². The minimum atomic E-state index is -0.372. The number of rotatable bonds is 6. The minimum absolute atomic E-state index is 0.0754. The summed E-state index contributed by atoms with van der Waals surface area (Å²) in [5.74, 6) is -0.447. The van der Waals surface area contributed by atoms with E-state index in [4.69, 9.17) is 11.6 Å². The number of carbonyl (C=O) groups is 1. The average molecular weight is 386 g/mol. The van der Waals surface area contributed by atoms with Gasteiger partial charge in [-0.05, 0) is 38.0 Å². The maximum absolute atomic E-state index is 14.1. The first-order chi connectivity index (χ1) is 13.0. The summed E-state index contributed by atoms with van der Waals surface area (Å²) in [5.41, 5.74) is 3.62. The van der Waals surface area contributed by atoms with Crippen molar-refractivity contribution < 1.29 is 9.18 Å². The summed E-state index contributed by atoms with van der Waals surface area (Å²) in [6.45, 7) is 3.87. The average Bonchev–Trinajstić information content (AvgIpc) is 2.91. The third-order valence-corrected chi connectivity index (χ3v) is 4.85. The predicted molar refractivity (Wildman–Crippen MR) is 106 cm³/mol. The summed E-state index contributed by atoms with van der Waals surface area (Å²) in [5, 5.41) is 7.73. The summed E-state index contributed by atoms with van der Waals surface area (Å²) in [6.07, 6.45) is 1.05. The largest absolute Gasteiger partial charge is 0.323 e. The van der Waals surface area contributed by atoms with Crippen LogP contribution in [0.1, 0.15) is 28.9 Å². The Balaban J connectivity index is 1.71. The molecule has 140 valence electrons. The second kappa shape index (κ2) is 8.35. The molecule has 0 atom stereocenters. The number of carbonyl (C=O) groups excluding carboxylic acids is 1. The lowest BCUT2D eigenvalue weighted by Gasteiger charge is -2.09. The molecule has 1 heterocycles. The molecule has 1 N–H and O–H groups in total. The highest BCUT2D eigenvalue weighted by Crippen LogP contribution is 2.24. The van der Waals surface area contributed by atoms with Crippen molar-refractivity contribution in [2.75, 3.05) is 5.32 Å². The Morgan fingerprint density at radius 3 is 2.59 bits per heavy atom. The molecule has 2 aromatic carbocycles. The van der Waals surface area contributed by atoms with Gasteiger partial charge in [-0.15, -0.1) is 0 Å². The molecule has 0 fully saturated rings. The highest BCUT2D eigenvalue weighted by Gasteiger charge is 2.16. The Bertz CT molecular complexity index is 933. The van der Waals surface area contributed by atoms with Crippen LogP contribution < -0.4 is 5.32 Å². The highest BCUT2D eigenvalue weighted by molar-refractivity contribution is 6.31. The second-order valence-electron chi connectivity index (χ2n) is 6.44. The summed E-state index contributed by atoms with van der Waals surface area (Å²) in [6, 6.07) is 14.5. The van der Waals surface area contributed by atoms with Crippen molar-refractivity contribution in [2.45, 2.75) is 33.2 Å². The fourth-order valence-electron chi connectivity index (χ4n) is 2.97. The van der Waals surface area contributed by atoms with Crippen molar-refractivity contribution in [2.24, 2.45) is 0 Å². The van der Waals surface area contributed by atoms with Crippen LogP contribution in [-0.4, -0.2) is 15.7 Å². The molecule has 0 spiro atoms. The molecule has 0 saturated heterocycles. The molecule has 0 aliphatic rings. The highest BCUT2D eigenvalue weighted by atomic mass is 35.5. The molecule has 0 bridgehead atoms. The van der Waals surface area contributed by atoms with Gasteiger partial charge in [0.1, 0.15) is 5.82 Å². The first-order valence-corrected chi connectivity index (χ1v) is 9.14. The number of nitrogens with one attached hydrogen (secondary N) is 1. The fourth-order valence-corrected chi connectivity index (χ4v) is 3.19.